The fourth-order valence-electron chi connectivity index (χ4n) is 3.09. The molecule has 0 radical (unpaired) electrons. The predicted octanol–water partition coefficient (Wildman–Crippen LogP) is 2.86. The fraction of sp³-hybridized carbons (Fsp3) is 0.368. The molecule has 1 unspecified atom stereocenters. The molecule has 0 spiro atoms. The molecule has 1 aliphatic heterocycles. The zero-order chi connectivity index (χ0) is 25.2. The Morgan fingerprint density at radius 2 is 2.12 bits per heavy atom. The van der Waals surface area contributed by atoms with Gasteiger partial charge in [0, 0.05) is 12.7 Å². The summed E-state index contributed by atoms with van der Waals surface area (Å²) in [6.07, 6.45) is -4.34. The molecular weight excluding hydrogens is 488 g/mol. The van der Waals surface area contributed by atoms with Crippen molar-refractivity contribution >= 4 is 35.0 Å². The highest BCUT2D eigenvalue weighted by atomic mass is 35.5. The minimum Gasteiger partial charge on any atom is -0.467 e. The number of amides is 3. The van der Waals surface area contributed by atoms with Crippen molar-refractivity contribution in [2.45, 2.75) is 26.2 Å². The van der Waals surface area contributed by atoms with Crippen LogP contribution in [-0.2, 0) is 0 Å². The van der Waals surface area contributed by atoms with Crippen molar-refractivity contribution in [3.63, 3.8) is 0 Å². The summed E-state index contributed by atoms with van der Waals surface area (Å²) in [5, 5.41) is 12.5. The largest absolute Gasteiger partial charge is 0.467 e. The van der Waals surface area contributed by atoms with Gasteiger partial charge in [0.1, 0.15) is 11.7 Å². The van der Waals surface area contributed by atoms with Gasteiger partial charge in [-0.1, -0.05) is 11.6 Å². The summed E-state index contributed by atoms with van der Waals surface area (Å²) >= 11 is 6.03. The molecule has 184 valence electrons. The number of anilines is 2. The van der Waals surface area contributed by atoms with E-state index in [0.29, 0.717) is 16.8 Å². The lowest BCUT2D eigenvalue weighted by molar-refractivity contribution is -0.154. The third-order valence-electron chi connectivity index (χ3n) is 4.68. The Balaban J connectivity index is 2.02. The molecule has 3 rings (SSSR count). The smallest absolute Gasteiger partial charge is 0.422 e. The summed E-state index contributed by atoms with van der Waals surface area (Å²) < 4.78 is 58.1. The quantitative estimate of drug-likeness (QED) is 0.494. The SMILES string of the molecule is CCN1C(=O)N(c2nc(OCC(F)(F)F)c(C(=O)Nc3c(Cl)ccnc3C)cc2F)NC1CO. The number of urea groups is 1. The zero-order valence-corrected chi connectivity index (χ0v) is 18.5. The lowest BCUT2D eigenvalue weighted by Gasteiger charge is -2.19. The number of rotatable bonds is 7. The van der Waals surface area contributed by atoms with Crippen molar-refractivity contribution in [1.82, 2.24) is 20.3 Å². The van der Waals surface area contributed by atoms with E-state index in [1.807, 2.05) is 0 Å². The first-order valence-corrected chi connectivity index (χ1v) is 10.1. The van der Waals surface area contributed by atoms with Crippen LogP contribution in [0.5, 0.6) is 5.88 Å². The average Bonchev–Trinajstić information content (AvgIpc) is 3.09. The van der Waals surface area contributed by atoms with Crippen LogP contribution in [0.1, 0.15) is 23.0 Å². The minimum absolute atomic E-state index is 0.0567. The lowest BCUT2D eigenvalue weighted by Crippen LogP contribution is -2.41. The van der Waals surface area contributed by atoms with Gasteiger partial charge in [-0.3, -0.25) is 9.78 Å². The number of alkyl halides is 3. The van der Waals surface area contributed by atoms with E-state index in [2.05, 4.69) is 25.4 Å². The standard InChI is InChI=1S/C19H19ClF4N6O4/c1-3-29-13(7-31)28-30(18(29)33)15-12(21)6-10(17(27-15)34-8-19(22,23)24)16(32)26-14-9(2)25-5-4-11(14)20/h4-6,13,28,31H,3,7-8H2,1-2H3,(H,26,32). The second-order valence-corrected chi connectivity index (χ2v) is 7.40. The Hall–Kier alpha value is -3.23. The number of aliphatic hydroxyl groups excluding tert-OH is 1. The molecule has 10 nitrogen and oxygen atoms in total. The van der Waals surface area contributed by atoms with E-state index in [0.717, 1.165) is 4.90 Å². The number of pyridine rings is 2. The summed E-state index contributed by atoms with van der Waals surface area (Å²) in [6, 6.07) is 1.14. The van der Waals surface area contributed by atoms with Crippen LogP contribution >= 0.6 is 11.6 Å². The number of hydrogen-bond donors (Lipinski definition) is 3. The van der Waals surface area contributed by atoms with Gasteiger partial charge >= 0.3 is 12.2 Å². The van der Waals surface area contributed by atoms with Gasteiger partial charge in [0.05, 0.1) is 23.0 Å². The Labute approximate surface area is 195 Å². The van der Waals surface area contributed by atoms with E-state index >= 15 is 0 Å². The van der Waals surface area contributed by atoms with Crippen molar-refractivity contribution in [1.29, 1.82) is 0 Å². The molecule has 2 aromatic rings. The first kappa shape index (κ1) is 25.4. The van der Waals surface area contributed by atoms with Gasteiger partial charge in [0.2, 0.25) is 5.88 Å². The molecule has 1 aliphatic rings. The van der Waals surface area contributed by atoms with E-state index < -0.39 is 60.6 Å². The van der Waals surface area contributed by atoms with E-state index in [1.54, 1.807) is 6.92 Å². The Morgan fingerprint density at radius 3 is 2.68 bits per heavy atom. The summed E-state index contributed by atoms with van der Waals surface area (Å²) in [4.78, 5) is 34.2. The molecule has 3 heterocycles. The van der Waals surface area contributed by atoms with Crippen LogP contribution in [0.25, 0.3) is 0 Å². The number of hydrazine groups is 1. The van der Waals surface area contributed by atoms with Crippen molar-refractivity contribution in [3.8, 4) is 5.88 Å². The summed E-state index contributed by atoms with van der Waals surface area (Å²) in [7, 11) is 0. The number of hydrogen-bond acceptors (Lipinski definition) is 7. The number of aliphatic hydroxyl groups is 1. The van der Waals surface area contributed by atoms with Gasteiger partial charge in [0.15, 0.2) is 18.2 Å². The number of carbonyl (C=O) groups excluding carboxylic acids is 2. The highest BCUT2D eigenvalue weighted by Gasteiger charge is 2.39. The first-order valence-electron chi connectivity index (χ1n) is 9.77. The fourth-order valence-corrected chi connectivity index (χ4v) is 3.33. The highest BCUT2D eigenvalue weighted by Crippen LogP contribution is 2.30. The number of nitrogens with zero attached hydrogens (tertiary/aromatic N) is 4. The van der Waals surface area contributed by atoms with Crippen molar-refractivity contribution in [2.24, 2.45) is 0 Å². The monoisotopic (exact) mass is 506 g/mol. The van der Waals surface area contributed by atoms with Crippen LogP contribution in [0.15, 0.2) is 18.3 Å². The Kier molecular flexibility index (Phi) is 7.43. The van der Waals surface area contributed by atoms with Gasteiger partial charge in [-0.25, -0.2) is 14.2 Å². The third-order valence-corrected chi connectivity index (χ3v) is 5.00. The van der Waals surface area contributed by atoms with Gasteiger partial charge in [-0.05, 0) is 26.0 Å². The minimum atomic E-state index is -4.80. The molecule has 1 fully saturated rings. The number of carbonyl (C=O) groups is 2. The lowest BCUT2D eigenvalue weighted by atomic mass is 10.2. The van der Waals surface area contributed by atoms with Gasteiger partial charge < -0.3 is 20.1 Å². The van der Waals surface area contributed by atoms with E-state index in [4.69, 9.17) is 11.6 Å². The van der Waals surface area contributed by atoms with Crippen LogP contribution in [0, 0.1) is 12.7 Å². The topological polar surface area (TPSA) is 120 Å². The van der Waals surface area contributed by atoms with E-state index in [9.17, 15) is 32.3 Å². The number of aryl methyl sites for hydroxylation is 1. The maximum atomic E-state index is 15.0. The van der Waals surface area contributed by atoms with Crippen LogP contribution in [-0.4, -0.2) is 64.0 Å². The highest BCUT2D eigenvalue weighted by molar-refractivity contribution is 6.34. The summed E-state index contributed by atoms with van der Waals surface area (Å²) in [5.41, 5.74) is 2.18. The van der Waals surface area contributed by atoms with Crippen molar-refractivity contribution < 1.29 is 37.0 Å². The number of ether oxygens (including phenoxy) is 1. The van der Waals surface area contributed by atoms with Crippen molar-refractivity contribution in [3.05, 3.63) is 40.4 Å². The number of halogens is 5. The molecule has 34 heavy (non-hydrogen) atoms. The van der Waals surface area contributed by atoms with Gasteiger partial charge in [-0.15, -0.1) is 0 Å². The molecule has 15 heteroatoms. The van der Waals surface area contributed by atoms with E-state index in [-0.39, 0.29) is 17.3 Å². The molecule has 0 aromatic carbocycles. The Bertz CT molecular complexity index is 1080. The predicted molar refractivity (Wildman–Crippen MR) is 112 cm³/mol. The molecule has 0 bridgehead atoms. The molecule has 3 amide bonds. The van der Waals surface area contributed by atoms with Gasteiger partial charge in [-0.2, -0.15) is 23.6 Å². The number of aromatic nitrogens is 2. The van der Waals surface area contributed by atoms with Crippen LogP contribution in [0.4, 0.5) is 33.9 Å². The Morgan fingerprint density at radius 1 is 1.41 bits per heavy atom. The normalized spacial score (nSPS) is 16.2. The maximum Gasteiger partial charge on any atom is 0.422 e. The third kappa shape index (κ3) is 5.29. The second kappa shape index (κ2) is 9.95. The number of likely N-dealkylation sites (N-methyl/N-ethyl adjacent to an activating group) is 1. The molecule has 1 atom stereocenters. The molecular formula is C19H19ClF4N6O4. The molecule has 0 aliphatic carbocycles. The van der Waals surface area contributed by atoms with Crippen LogP contribution < -0.4 is 20.5 Å². The van der Waals surface area contributed by atoms with Gasteiger partial charge in [0.25, 0.3) is 5.91 Å². The van der Waals surface area contributed by atoms with E-state index in [1.165, 1.54) is 19.2 Å². The van der Waals surface area contributed by atoms with Crippen molar-refractivity contribution in [2.75, 3.05) is 30.1 Å². The first-order chi connectivity index (χ1) is 16.0. The summed E-state index contributed by atoms with van der Waals surface area (Å²) in [5.74, 6) is -3.91. The maximum absolute atomic E-state index is 15.0. The molecule has 2 aromatic heterocycles. The molecule has 1 saturated heterocycles. The average molecular weight is 507 g/mol. The summed E-state index contributed by atoms with van der Waals surface area (Å²) in [6.45, 7) is 0.900. The zero-order valence-electron chi connectivity index (χ0n) is 17.8. The van der Waals surface area contributed by atoms with Crippen LogP contribution in [0.3, 0.4) is 0 Å². The van der Waals surface area contributed by atoms with Crippen LogP contribution in [0.2, 0.25) is 5.02 Å². The molecule has 0 saturated carbocycles. The molecule has 3 N–H and O–H groups in total. The second-order valence-electron chi connectivity index (χ2n) is 6.99. The number of nitrogens with one attached hydrogen (secondary N) is 2.